The van der Waals surface area contributed by atoms with E-state index < -0.39 is 5.97 Å². The fourth-order valence-corrected chi connectivity index (χ4v) is 2.86. The maximum absolute atomic E-state index is 11.0. The lowest BCUT2D eigenvalue weighted by Gasteiger charge is -2.30. The van der Waals surface area contributed by atoms with E-state index in [1.54, 1.807) is 7.11 Å². The van der Waals surface area contributed by atoms with E-state index in [9.17, 15) is 4.79 Å². The number of carboxylic acids is 1. The second-order valence-corrected chi connectivity index (χ2v) is 6.11. The van der Waals surface area contributed by atoms with Gasteiger partial charge < -0.3 is 9.84 Å². The van der Waals surface area contributed by atoms with Gasteiger partial charge in [-0.25, -0.2) is 0 Å². The smallest absolute Gasteiger partial charge is 0.306 e. The van der Waals surface area contributed by atoms with Crippen LogP contribution >= 0.6 is 0 Å². The van der Waals surface area contributed by atoms with E-state index in [0.29, 0.717) is 5.92 Å². The van der Waals surface area contributed by atoms with Crippen LogP contribution in [0.15, 0.2) is 18.2 Å². The van der Waals surface area contributed by atoms with Gasteiger partial charge in [-0.05, 0) is 43.5 Å². The normalized spacial score (nSPS) is 17.1. The molecule has 2 rings (SSSR count). The van der Waals surface area contributed by atoms with Crippen LogP contribution in [0, 0.1) is 5.92 Å². The van der Waals surface area contributed by atoms with Crippen LogP contribution in [0.25, 0.3) is 0 Å². The predicted octanol–water partition coefficient (Wildman–Crippen LogP) is 3.12. The second-order valence-electron chi connectivity index (χ2n) is 6.11. The van der Waals surface area contributed by atoms with Crippen molar-refractivity contribution in [3.63, 3.8) is 0 Å². The molecule has 116 valence electrons. The van der Waals surface area contributed by atoms with E-state index in [0.717, 1.165) is 38.2 Å². The quantitative estimate of drug-likeness (QED) is 0.905. The van der Waals surface area contributed by atoms with Crippen molar-refractivity contribution in [2.75, 3.05) is 20.2 Å². The van der Waals surface area contributed by atoms with Gasteiger partial charge >= 0.3 is 5.97 Å². The molecule has 1 heterocycles. The number of likely N-dealkylation sites (tertiary alicyclic amines) is 1. The summed E-state index contributed by atoms with van der Waals surface area (Å²) in [6.45, 7) is 6.88. The predicted molar refractivity (Wildman–Crippen MR) is 82.7 cm³/mol. The van der Waals surface area contributed by atoms with Gasteiger partial charge in [-0.15, -0.1) is 0 Å². The molecule has 0 aliphatic carbocycles. The topological polar surface area (TPSA) is 49.8 Å². The maximum Gasteiger partial charge on any atom is 0.306 e. The van der Waals surface area contributed by atoms with Crippen molar-refractivity contribution in [2.45, 2.75) is 39.2 Å². The number of ether oxygens (including phenoxy) is 1. The number of benzene rings is 1. The highest BCUT2D eigenvalue weighted by Crippen LogP contribution is 2.27. The van der Waals surface area contributed by atoms with Gasteiger partial charge in [-0.1, -0.05) is 26.0 Å². The first-order valence-corrected chi connectivity index (χ1v) is 7.63. The molecule has 0 unspecified atom stereocenters. The molecule has 21 heavy (non-hydrogen) atoms. The number of rotatable bonds is 5. The first kappa shape index (κ1) is 15.8. The molecule has 1 aromatic carbocycles. The summed E-state index contributed by atoms with van der Waals surface area (Å²) < 4.78 is 5.46. The Kier molecular flexibility index (Phi) is 5.23. The second kappa shape index (κ2) is 6.94. The van der Waals surface area contributed by atoms with Crippen molar-refractivity contribution in [3.8, 4) is 5.75 Å². The van der Waals surface area contributed by atoms with E-state index in [1.807, 2.05) is 6.07 Å². The Labute approximate surface area is 126 Å². The Balaban J connectivity index is 2.05. The van der Waals surface area contributed by atoms with Crippen molar-refractivity contribution in [1.29, 1.82) is 0 Å². The zero-order valence-corrected chi connectivity index (χ0v) is 13.1. The highest BCUT2D eigenvalue weighted by atomic mass is 16.5. The molecule has 0 radical (unpaired) electrons. The fraction of sp³-hybridized carbons (Fsp3) is 0.588. The molecule has 1 aliphatic rings. The third kappa shape index (κ3) is 3.97. The summed E-state index contributed by atoms with van der Waals surface area (Å²) in [5.41, 5.74) is 2.50. The summed E-state index contributed by atoms with van der Waals surface area (Å²) in [5.74, 6) is 0.575. The molecule has 1 aliphatic heterocycles. The maximum atomic E-state index is 11.0. The molecule has 4 heteroatoms. The molecule has 1 fully saturated rings. The van der Waals surface area contributed by atoms with Crippen LogP contribution in [0.2, 0.25) is 0 Å². The number of aliphatic carboxylic acids is 1. The standard InChI is InChI=1S/C17H25NO3/c1-12(2)14-4-5-16(21-3)15(10-14)11-18-8-6-13(7-9-18)17(19)20/h4-5,10,12-13H,6-9,11H2,1-3H3,(H,19,20). The highest BCUT2D eigenvalue weighted by Gasteiger charge is 2.24. The van der Waals surface area contributed by atoms with E-state index in [-0.39, 0.29) is 5.92 Å². The van der Waals surface area contributed by atoms with E-state index in [4.69, 9.17) is 9.84 Å². The van der Waals surface area contributed by atoms with Gasteiger partial charge in [0.25, 0.3) is 0 Å². The number of methoxy groups -OCH3 is 1. The minimum atomic E-state index is -0.658. The molecular weight excluding hydrogens is 266 g/mol. The van der Waals surface area contributed by atoms with Crippen LogP contribution in [0.1, 0.15) is 43.7 Å². The summed E-state index contributed by atoms with van der Waals surface area (Å²) in [6.07, 6.45) is 1.48. The number of nitrogens with zero attached hydrogens (tertiary/aromatic N) is 1. The molecule has 0 amide bonds. The first-order chi connectivity index (χ1) is 10.0. The molecule has 1 aromatic rings. The average Bonchev–Trinajstić information content (AvgIpc) is 2.47. The van der Waals surface area contributed by atoms with Gasteiger partial charge in [0.2, 0.25) is 0 Å². The minimum absolute atomic E-state index is 0.176. The zero-order valence-electron chi connectivity index (χ0n) is 13.1. The number of piperidine rings is 1. The molecule has 0 aromatic heterocycles. The summed E-state index contributed by atoms with van der Waals surface area (Å²) in [4.78, 5) is 13.3. The Bertz CT molecular complexity index is 491. The van der Waals surface area contributed by atoms with Crippen LogP contribution in [-0.4, -0.2) is 36.2 Å². The van der Waals surface area contributed by atoms with Gasteiger partial charge in [-0.2, -0.15) is 0 Å². The van der Waals surface area contributed by atoms with Crippen LogP contribution in [0.4, 0.5) is 0 Å². The van der Waals surface area contributed by atoms with Crippen molar-refractivity contribution >= 4 is 5.97 Å². The Morgan fingerprint density at radius 2 is 2.05 bits per heavy atom. The molecule has 0 saturated carbocycles. The van der Waals surface area contributed by atoms with Gasteiger partial charge in [0, 0.05) is 12.1 Å². The zero-order chi connectivity index (χ0) is 15.4. The van der Waals surface area contributed by atoms with Crippen LogP contribution < -0.4 is 4.74 Å². The van der Waals surface area contributed by atoms with Crippen molar-refractivity contribution in [2.24, 2.45) is 5.92 Å². The van der Waals surface area contributed by atoms with Gasteiger partial charge in [0.1, 0.15) is 5.75 Å². The van der Waals surface area contributed by atoms with Crippen LogP contribution in [0.5, 0.6) is 5.75 Å². The van der Waals surface area contributed by atoms with E-state index in [1.165, 1.54) is 11.1 Å². The largest absolute Gasteiger partial charge is 0.496 e. The third-order valence-electron chi connectivity index (χ3n) is 4.30. The molecule has 0 spiro atoms. The van der Waals surface area contributed by atoms with Crippen molar-refractivity contribution < 1.29 is 14.6 Å². The lowest BCUT2D eigenvalue weighted by molar-refractivity contribution is -0.143. The number of carboxylic acid groups (broad SMARTS) is 1. The minimum Gasteiger partial charge on any atom is -0.496 e. The Morgan fingerprint density at radius 3 is 2.57 bits per heavy atom. The van der Waals surface area contributed by atoms with Gasteiger partial charge in [0.15, 0.2) is 0 Å². The number of hydrogen-bond donors (Lipinski definition) is 1. The summed E-state index contributed by atoms with van der Waals surface area (Å²) >= 11 is 0. The Hall–Kier alpha value is -1.55. The summed E-state index contributed by atoms with van der Waals surface area (Å²) in [7, 11) is 1.70. The molecule has 0 atom stereocenters. The highest BCUT2D eigenvalue weighted by molar-refractivity contribution is 5.70. The van der Waals surface area contributed by atoms with Gasteiger partial charge in [-0.3, -0.25) is 9.69 Å². The Morgan fingerprint density at radius 1 is 1.38 bits per heavy atom. The van der Waals surface area contributed by atoms with Crippen molar-refractivity contribution in [3.05, 3.63) is 29.3 Å². The van der Waals surface area contributed by atoms with Crippen LogP contribution in [-0.2, 0) is 11.3 Å². The fourth-order valence-electron chi connectivity index (χ4n) is 2.86. The summed E-state index contributed by atoms with van der Waals surface area (Å²) in [6, 6.07) is 6.37. The summed E-state index contributed by atoms with van der Waals surface area (Å²) in [5, 5.41) is 9.06. The SMILES string of the molecule is COc1ccc(C(C)C)cc1CN1CCC(C(=O)O)CC1. The molecule has 0 bridgehead atoms. The first-order valence-electron chi connectivity index (χ1n) is 7.63. The number of hydrogen-bond acceptors (Lipinski definition) is 3. The van der Waals surface area contributed by atoms with E-state index in [2.05, 4.69) is 30.9 Å². The van der Waals surface area contributed by atoms with Crippen molar-refractivity contribution in [1.82, 2.24) is 4.90 Å². The van der Waals surface area contributed by atoms with Crippen LogP contribution in [0.3, 0.4) is 0 Å². The molecule has 1 N–H and O–H groups in total. The third-order valence-corrected chi connectivity index (χ3v) is 4.30. The lowest BCUT2D eigenvalue weighted by atomic mass is 9.96. The average molecular weight is 291 g/mol. The van der Waals surface area contributed by atoms with Gasteiger partial charge in [0.05, 0.1) is 13.0 Å². The number of carbonyl (C=O) groups is 1. The molecule has 4 nitrogen and oxygen atoms in total. The lowest BCUT2D eigenvalue weighted by Crippen LogP contribution is -2.35. The van der Waals surface area contributed by atoms with E-state index >= 15 is 0 Å². The molecule has 1 saturated heterocycles. The monoisotopic (exact) mass is 291 g/mol. The molecular formula is C17H25NO3.